The number of nitrogens with one attached hydrogen (secondary N) is 5. The number of hydrogen-bond donors (Lipinski definition) is 5. The zero-order valence-corrected chi connectivity index (χ0v) is 33.9. The number of alkyl halides is 3. The first-order valence-corrected chi connectivity index (χ1v) is 19.6. The first kappa shape index (κ1) is 43.9. The van der Waals surface area contributed by atoms with Gasteiger partial charge in [-0.05, 0) is 73.9 Å². The molecule has 13 nitrogen and oxygen atoms in total. The van der Waals surface area contributed by atoms with Crippen molar-refractivity contribution in [2.45, 2.75) is 122 Å². The van der Waals surface area contributed by atoms with Gasteiger partial charge in [0.05, 0.1) is 29.6 Å². The highest BCUT2D eigenvalue weighted by molar-refractivity contribution is 5.95. The molecule has 5 atom stereocenters. The summed E-state index contributed by atoms with van der Waals surface area (Å²) in [5.74, 6) is -2.90. The summed E-state index contributed by atoms with van der Waals surface area (Å²) in [6.07, 6.45) is -3.36. The van der Waals surface area contributed by atoms with Crippen LogP contribution in [0.5, 0.6) is 0 Å². The predicted molar refractivity (Wildman–Crippen MR) is 209 cm³/mol. The lowest BCUT2D eigenvalue weighted by molar-refractivity contribution is -0.136. The number of carbonyl (C=O) groups is 4. The average molecular weight is 812 g/mol. The fourth-order valence-electron chi connectivity index (χ4n) is 7.32. The van der Waals surface area contributed by atoms with E-state index < -0.39 is 63.9 Å². The summed E-state index contributed by atoms with van der Waals surface area (Å²) in [6, 6.07) is 8.61. The van der Waals surface area contributed by atoms with E-state index in [2.05, 4.69) is 41.7 Å². The van der Waals surface area contributed by atoms with Crippen molar-refractivity contribution in [2.75, 3.05) is 6.54 Å². The SMILES string of the molecule is CCC(C)[C@H](NC(=O)[C@@]1(NC[C@](C=O)(NC(=O)Cc2ccccc2F)C(C)CC)CCc2[nH]c3c(C(F)(F)F)cccc3c2C1)C(=O)NCc1nnn(C(C)(C)C)n1. The third-order valence-corrected chi connectivity index (χ3v) is 11.4. The molecule has 0 spiro atoms. The summed E-state index contributed by atoms with van der Waals surface area (Å²) in [4.78, 5) is 59.7. The van der Waals surface area contributed by atoms with Gasteiger partial charge in [0, 0.05) is 24.0 Å². The maximum atomic E-state index is 14.9. The lowest BCUT2D eigenvalue weighted by Gasteiger charge is -2.42. The Hall–Kier alpha value is -5.19. The van der Waals surface area contributed by atoms with Gasteiger partial charge in [-0.3, -0.25) is 14.4 Å². The third-order valence-electron chi connectivity index (χ3n) is 11.4. The van der Waals surface area contributed by atoms with Gasteiger partial charge in [-0.15, -0.1) is 10.2 Å². The smallest absolute Gasteiger partial charge is 0.358 e. The molecular weight excluding hydrogens is 759 g/mol. The minimum atomic E-state index is -4.65. The lowest BCUT2D eigenvalue weighted by atomic mass is 9.76. The molecule has 2 aromatic heterocycles. The number of carbonyl (C=O) groups excluding carboxylic acids is 4. The average Bonchev–Trinajstić information content (AvgIpc) is 3.82. The van der Waals surface area contributed by atoms with Gasteiger partial charge in [-0.1, -0.05) is 70.9 Å². The minimum Gasteiger partial charge on any atom is -0.358 e. The number of aromatic nitrogens is 5. The molecule has 1 aliphatic rings. The molecule has 5 N–H and O–H groups in total. The second-order valence-corrected chi connectivity index (χ2v) is 16.4. The Labute approximate surface area is 334 Å². The maximum absolute atomic E-state index is 14.9. The zero-order chi connectivity index (χ0) is 42.6. The van der Waals surface area contributed by atoms with Crippen LogP contribution in [0.4, 0.5) is 17.6 Å². The third kappa shape index (κ3) is 9.40. The molecule has 2 aromatic carbocycles. The molecule has 0 saturated heterocycles. The number of aryl methyl sites for hydroxylation is 1. The van der Waals surface area contributed by atoms with Crippen molar-refractivity contribution in [1.82, 2.24) is 46.5 Å². The van der Waals surface area contributed by atoms with Crippen LogP contribution >= 0.6 is 0 Å². The van der Waals surface area contributed by atoms with Crippen molar-refractivity contribution < 1.29 is 36.7 Å². The van der Waals surface area contributed by atoms with E-state index in [1.165, 1.54) is 29.1 Å². The maximum Gasteiger partial charge on any atom is 0.418 e. The van der Waals surface area contributed by atoms with Crippen molar-refractivity contribution in [3.8, 4) is 0 Å². The summed E-state index contributed by atoms with van der Waals surface area (Å²) < 4.78 is 57.0. The fourth-order valence-corrected chi connectivity index (χ4v) is 7.32. The van der Waals surface area contributed by atoms with Crippen LogP contribution in [0.15, 0.2) is 42.5 Å². The molecule has 58 heavy (non-hydrogen) atoms. The number of tetrazole rings is 1. The van der Waals surface area contributed by atoms with Crippen LogP contribution in [0.2, 0.25) is 0 Å². The Morgan fingerprint density at radius 2 is 1.76 bits per heavy atom. The van der Waals surface area contributed by atoms with Gasteiger partial charge in [0.15, 0.2) is 5.82 Å². The van der Waals surface area contributed by atoms with Gasteiger partial charge in [0.1, 0.15) is 29.2 Å². The monoisotopic (exact) mass is 811 g/mol. The second-order valence-electron chi connectivity index (χ2n) is 16.4. The predicted octanol–water partition coefficient (Wildman–Crippen LogP) is 5.07. The van der Waals surface area contributed by atoms with E-state index in [0.717, 1.165) is 6.07 Å². The zero-order valence-electron chi connectivity index (χ0n) is 33.9. The van der Waals surface area contributed by atoms with Gasteiger partial charge in [0.25, 0.3) is 0 Å². The quantitative estimate of drug-likeness (QED) is 0.0770. The standard InChI is InChI=1S/C41H53F4N9O4/c1-8-24(3)34(36(57)46-21-32-51-53-54(52-32)38(5,6)7)49-37(58)39(18-17-31-28(20-39)27-14-12-15-29(35(27)48-31)41(43,44)45)47-22-40(23-55,25(4)9-2)50-33(56)19-26-13-10-11-16-30(26)42/h10-16,23-25,34,47-48H,8-9,17-22H2,1-7H3,(H,46,57)(H,49,58)(H,50,56)/t24?,25?,34-,39+,40+/m0/s1. The molecule has 0 saturated carbocycles. The van der Waals surface area contributed by atoms with E-state index in [1.54, 1.807) is 19.1 Å². The van der Waals surface area contributed by atoms with Gasteiger partial charge in [-0.2, -0.15) is 18.0 Å². The van der Waals surface area contributed by atoms with Crippen LogP contribution in [0.25, 0.3) is 10.9 Å². The molecule has 2 unspecified atom stereocenters. The Morgan fingerprint density at radius 3 is 2.38 bits per heavy atom. The lowest BCUT2D eigenvalue weighted by Crippen LogP contribution is -2.68. The van der Waals surface area contributed by atoms with Crippen LogP contribution in [0.3, 0.4) is 0 Å². The number of fused-ring (bicyclic) bond motifs is 3. The summed E-state index contributed by atoms with van der Waals surface area (Å²) in [7, 11) is 0. The van der Waals surface area contributed by atoms with Crippen molar-refractivity contribution >= 4 is 34.9 Å². The molecule has 17 heteroatoms. The highest BCUT2D eigenvalue weighted by Crippen LogP contribution is 2.40. The number of halogens is 4. The Kier molecular flexibility index (Phi) is 13.1. The number of hydrogen-bond acceptors (Lipinski definition) is 8. The fraction of sp³-hybridized carbons (Fsp3) is 0.537. The Morgan fingerprint density at radius 1 is 1.03 bits per heavy atom. The number of para-hydroxylation sites is 1. The number of aromatic amines is 1. The summed E-state index contributed by atoms with van der Waals surface area (Å²) in [5, 5.41) is 24.6. The number of benzene rings is 2. The minimum absolute atomic E-state index is 0.0628. The molecule has 3 amide bonds. The number of aldehydes is 1. The van der Waals surface area contributed by atoms with Gasteiger partial charge < -0.3 is 31.0 Å². The molecule has 0 aliphatic heterocycles. The molecule has 0 bridgehead atoms. The molecule has 1 aliphatic carbocycles. The van der Waals surface area contributed by atoms with Gasteiger partial charge >= 0.3 is 6.18 Å². The number of H-pyrrole nitrogens is 1. The molecular formula is C41H53F4N9O4. The van der Waals surface area contributed by atoms with E-state index in [9.17, 15) is 36.7 Å². The number of nitrogens with zero attached hydrogens (tertiary/aromatic N) is 4. The van der Waals surface area contributed by atoms with Gasteiger partial charge in [-0.25, -0.2) is 4.39 Å². The first-order chi connectivity index (χ1) is 27.3. The Bertz CT molecular complexity index is 2130. The van der Waals surface area contributed by atoms with Crippen LogP contribution < -0.4 is 21.3 Å². The molecule has 314 valence electrons. The highest BCUT2D eigenvalue weighted by Gasteiger charge is 2.48. The topological polar surface area (TPSA) is 176 Å². The van der Waals surface area contributed by atoms with E-state index in [4.69, 9.17) is 0 Å². The van der Waals surface area contributed by atoms with E-state index >= 15 is 0 Å². The largest absolute Gasteiger partial charge is 0.418 e. The van der Waals surface area contributed by atoms with E-state index in [1.807, 2.05) is 41.5 Å². The van der Waals surface area contributed by atoms with E-state index in [0.29, 0.717) is 30.4 Å². The molecule has 0 fully saturated rings. The number of amides is 3. The molecule has 0 radical (unpaired) electrons. The van der Waals surface area contributed by atoms with Crippen molar-refractivity contribution in [1.29, 1.82) is 0 Å². The van der Waals surface area contributed by atoms with Crippen LogP contribution in [-0.4, -0.2) is 72.9 Å². The molecule has 2 heterocycles. The number of rotatable bonds is 16. The highest BCUT2D eigenvalue weighted by atomic mass is 19.4. The molecule has 4 aromatic rings. The van der Waals surface area contributed by atoms with Crippen LogP contribution in [0, 0.1) is 17.7 Å². The summed E-state index contributed by atoms with van der Waals surface area (Å²) in [5.41, 5.74) is -3.40. The first-order valence-electron chi connectivity index (χ1n) is 19.6. The van der Waals surface area contributed by atoms with Crippen LogP contribution in [0.1, 0.15) is 95.9 Å². The van der Waals surface area contributed by atoms with Crippen molar-refractivity contribution in [3.05, 3.63) is 76.5 Å². The second kappa shape index (κ2) is 17.3. The normalized spacial score (nSPS) is 18.4. The van der Waals surface area contributed by atoms with Gasteiger partial charge in [0.2, 0.25) is 17.7 Å². The van der Waals surface area contributed by atoms with Crippen molar-refractivity contribution in [3.63, 3.8) is 0 Å². The van der Waals surface area contributed by atoms with Crippen molar-refractivity contribution in [2.24, 2.45) is 11.8 Å². The summed E-state index contributed by atoms with van der Waals surface area (Å²) >= 11 is 0. The molecule has 5 rings (SSSR count). The van der Waals surface area contributed by atoms with Crippen LogP contribution in [-0.2, 0) is 56.7 Å². The summed E-state index contributed by atoms with van der Waals surface area (Å²) in [6.45, 7) is 12.6. The van der Waals surface area contributed by atoms with E-state index in [-0.39, 0.29) is 67.0 Å². The Balaban J connectivity index is 1.50.